The first-order valence-corrected chi connectivity index (χ1v) is 39.4. The van der Waals surface area contributed by atoms with Crippen molar-refractivity contribution >= 4 is 11.9 Å². The summed E-state index contributed by atoms with van der Waals surface area (Å²) in [4.78, 5) is 24.6. The van der Waals surface area contributed by atoms with E-state index >= 15 is 0 Å². The van der Waals surface area contributed by atoms with Crippen molar-refractivity contribution in [2.24, 2.45) is 0 Å². The molecule has 0 aromatic rings. The highest BCUT2D eigenvalue weighted by molar-refractivity contribution is 5.76. The van der Waals surface area contributed by atoms with Gasteiger partial charge in [-0.05, 0) is 51.4 Å². The summed E-state index contributed by atoms with van der Waals surface area (Å²) in [5.74, 6) is -0.00307. The number of aliphatic hydroxyl groups is 2. The zero-order valence-corrected chi connectivity index (χ0v) is 58.1. The zero-order chi connectivity index (χ0) is 61.3. The highest BCUT2D eigenvalue weighted by Gasteiger charge is 2.20. The van der Waals surface area contributed by atoms with E-state index in [1.807, 2.05) is 0 Å². The zero-order valence-electron chi connectivity index (χ0n) is 58.1. The minimum absolute atomic E-state index is 0.0229. The first kappa shape index (κ1) is 83.6. The Labute approximate surface area is 533 Å². The number of allylic oxidation sites excluding steroid dienone is 2. The number of nitrogens with one attached hydrogen (secondary N) is 1. The quantitative estimate of drug-likeness (QED) is 0.0320. The van der Waals surface area contributed by atoms with Gasteiger partial charge in [0.25, 0.3) is 0 Å². The number of ether oxygens (including phenoxy) is 1. The minimum Gasteiger partial charge on any atom is -0.466 e. The van der Waals surface area contributed by atoms with E-state index in [0.717, 1.165) is 38.5 Å². The molecule has 6 nitrogen and oxygen atoms in total. The molecule has 0 heterocycles. The Morgan fingerprint density at radius 2 is 0.553 bits per heavy atom. The Balaban J connectivity index is 3.33. The maximum Gasteiger partial charge on any atom is 0.305 e. The molecule has 1 amide bonds. The molecule has 0 rings (SSSR count). The summed E-state index contributed by atoms with van der Waals surface area (Å²) < 4.78 is 5.49. The second kappa shape index (κ2) is 75.1. The largest absolute Gasteiger partial charge is 0.466 e. The van der Waals surface area contributed by atoms with Crippen LogP contribution in [0.2, 0.25) is 0 Å². The van der Waals surface area contributed by atoms with Gasteiger partial charge in [0, 0.05) is 12.8 Å². The molecule has 0 radical (unpaired) electrons. The number of unbranched alkanes of at least 4 members (excludes halogenated alkanes) is 62. The van der Waals surface area contributed by atoms with E-state index in [1.165, 1.54) is 385 Å². The van der Waals surface area contributed by atoms with Crippen molar-refractivity contribution in [3.63, 3.8) is 0 Å². The van der Waals surface area contributed by atoms with Gasteiger partial charge < -0.3 is 20.3 Å². The summed E-state index contributed by atoms with van der Waals surface area (Å²) in [5.41, 5.74) is 0. The summed E-state index contributed by atoms with van der Waals surface area (Å²) in [6.45, 7) is 5.01. The van der Waals surface area contributed by atoms with Crippen LogP contribution in [0.3, 0.4) is 0 Å². The molecule has 0 aliphatic heterocycles. The van der Waals surface area contributed by atoms with Gasteiger partial charge >= 0.3 is 5.97 Å². The van der Waals surface area contributed by atoms with Crippen molar-refractivity contribution in [3.05, 3.63) is 12.2 Å². The molecule has 0 aliphatic carbocycles. The smallest absolute Gasteiger partial charge is 0.305 e. The van der Waals surface area contributed by atoms with Crippen LogP contribution in [-0.4, -0.2) is 47.4 Å². The normalized spacial score (nSPS) is 12.5. The molecule has 6 heteroatoms. The lowest BCUT2D eigenvalue weighted by atomic mass is 10.0. The van der Waals surface area contributed by atoms with Crippen LogP contribution in [0.5, 0.6) is 0 Å². The van der Waals surface area contributed by atoms with E-state index in [9.17, 15) is 19.8 Å². The molecule has 2 unspecified atom stereocenters. The molecule has 0 aromatic heterocycles. The molecule has 0 bridgehead atoms. The third kappa shape index (κ3) is 71.6. The van der Waals surface area contributed by atoms with E-state index < -0.39 is 12.1 Å². The van der Waals surface area contributed by atoms with Crippen molar-refractivity contribution in [1.29, 1.82) is 0 Å². The van der Waals surface area contributed by atoms with Gasteiger partial charge in [-0.1, -0.05) is 405 Å². The van der Waals surface area contributed by atoms with Gasteiger partial charge in [-0.15, -0.1) is 0 Å². The molecular formula is C79H155NO5. The fraction of sp³-hybridized carbons (Fsp3) is 0.949. The Morgan fingerprint density at radius 3 is 0.835 bits per heavy atom. The number of hydrogen-bond acceptors (Lipinski definition) is 5. The van der Waals surface area contributed by atoms with E-state index in [4.69, 9.17) is 4.74 Å². The van der Waals surface area contributed by atoms with E-state index in [1.54, 1.807) is 0 Å². The predicted molar refractivity (Wildman–Crippen MR) is 375 cm³/mol. The van der Waals surface area contributed by atoms with Gasteiger partial charge in [-0.3, -0.25) is 9.59 Å². The maximum atomic E-state index is 12.6. The lowest BCUT2D eigenvalue weighted by Gasteiger charge is -2.22. The SMILES string of the molecule is CCCCCCCCCCCCCCCCCCCCCCC(O)C(CO)NC(=O)CCCCCCCCCCCCCCCCCCC/C=C\CCCCCCCCCCCCCCCCOC(=O)CCCCCCCCCCCCCCC. The number of hydrogen-bond donors (Lipinski definition) is 3. The van der Waals surface area contributed by atoms with E-state index in [2.05, 4.69) is 31.3 Å². The fourth-order valence-electron chi connectivity index (χ4n) is 12.8. The summed E-state index contributed by atoms with van der Waals surface area (Å²) >= 11 is 0. The lowest BCUT2D eigenvalue weighted by molar-refractivity contribution is -0.143. The van der Waals surface area contributed by atoms with Crippen molar-refractivity contribution < 1.29 is 24.5 Å². The van der Waals surface area contributed by atoms with Crippen LogP contribution >= 0.6 is 0 Å². The molecule has 0 aromatic carbocycles. The number of esters is 1. The number of aliphatic hydroxyl groups excluding tert-OH is 2. The monoisotopic (exact) mass is 1200 g/mol. The van der Waals surface area contributed by atoms with Gasteiger partial charge in [0.05, 0.1) is 25.4 Å². The second-order valence-corrected chi connectivity index (χ2v) is 27.4. The summed E-state index contributed by atoms with van der Waals surface area (Å²) in [7, 11) is 0. The van der Waals surface area contributed by atoms with Crippen molar-refractivity contribution in [1.82, 2.24) is 5.32 Å². The van der Waals surface area contributed by atoms with Crippen LogP contribution in [0.4, 0.5) is 0 Å². The van der Waals surface area contributed by atoms with Crippen LogP contribution in [0, 0.1) is 0 Å². The first-order valence-electron chi connectivity index (χ1n) is 39.4. The van der Waals surface area contributed by atoms with Gasteiger partial charge in [0.15, 0.2) is 0 Å². The summed E-state index contributed by atoms with van der Waals surface area (Å²) in [6.07, 6.45) is 94.5. The van der Waals surface area contributed by atoms with Crippen molar-refractivity contribution in [2.75, 3.05) is 13.2 Å². The van der Waals surface area contributed by atoms with Gasteiger partial charge in [0.2, 0.25) is 5.91 Å². The van der Waals surface area contributed by atoms with Gasteiger partial charge in [-0.2, -0.15) is 0 Å². The molecule has 2 atom stereocenters. The first-order chi connectivity index (χ1) is 42.0. The van der Waals surface area contributed by atoms with Crippen LogP contribution in [-0.2, 0) is 14.3 Å². The van der Waals surface area contributed by atoms with Gasteiger partial charge in [0.1, 0.15) is 0 Å². The predicted octanol–water partition coefficient (Wildman–Crippen LogP) is 25.9. The maximum absolute atomic E-state index is 12.6. The Bertz CT molecular complexity index is 1290. The standard InChI is InChI=1S/C79H155NO5/c1-3-5-7-9-11-13-15-17-18-19-20-38-41-44-48-51-55-59-63-67-71-77(82)76(75-81)80-78(83)72-68-64-60-56-52-49-45-42-39-36-34-32-30-28-26-24-22-21-23-25-27-29-31-33-35-37-40-43-46-50-54-58-62-66-70-74-85-79(84)73-69-65-61-57-53-47-16-14-12-10-8-6-4-2/h23,25,76-77,81-82H,3-22,24,26-75H2,1-2H3,(H,80,83)/b25-23-. The fourth-order valence-corrected chi connectivity index (χ4v) is 12.8. The Morgan fingerprint density at radius 1 is 0.318 bits per heavy atom. The highest BCUT2D eigenvalue weighted by Crippen LogP contribution is 2.20. The summed E-state index contributed by atoms with van der Waals surface area (Å²) in [6, 6.07) is -0.539. The lowest BCUT2D eigenvalue weighted by Crippen LogP contribution is -2.45. The summed E-state index contributed by atoms with van der Waals surface area (Å²) in [5, 5.41) is 23.4. The third-order valence-corrected chi connectivity index (χ3v) is 18.8. The third-order valence-electron chi connectivity index (χ3n) is 18.8. The van der Waals surface area contributed by atoms with Crippen LogP contribution in [0.1, 0.15) is 457 Å². The molecule has 3 N–H and O–H groups in total. The highest BCUT2D eigenvalue weighted by atomic mass is 16.5. The number of rotatable bonds is 75. The molecule has 0 spiro atoms. The van der Waals surface area contributed by atoms with Crippen LogP contribution < -0.4 is 5.32 Å². The second-order valence-electron chi connectivity index (χ2n) is 27.4. The minimum atomic E-state index is -0.662. The van der Waals surface area contributed by atoms with Crippen molar-refractivity contribution in [3.8, 4) is 0 Å². The molecule has 506 valence electrons. The number of carbonyl (C=O) groups excluding carboxylic acids is 2. The average molecular weight is 1200 g/mol. The molecule has 0 saturated heterocycles. The number of amides is 1. The Hall–Kier alpha value is -1.40. The average Bonchev–Trinajstić information content (AvgIpc) is 3.53. The van der Waals surface area contributed by atoms with Crippen molar-refractivity contribution in [2.45, 2.75) is 469 Å². The number of carbonyl (C=O) groups is 2. The van der Waals surface area contributed by atoms with E-state index in [-0.39, 0.29) is 18.5 Å². The Kier molecular flexibility index (Phi) is 73.8. The van der Waals surface area contributed by atoms with Crippen LogP contribution in [0.15, 0.2) is 12.2 Å². The molecule has 0 fully saturated rings. The topological polar surface area (TPSA) is 95.9 Å². The molecule has 85 heavy (non-hydrogen) atoms. The van der Waals surface area contributed by atoms with Gasteiger partial charge in [-0.25, -0.2) is 0 Å². The van der Waals surface area contributed by atoms with E-state index in [0.29, 0.717) is 25.9 Å². The molecule has 0 saturated carbocycles. The van der Waals surface area contributed by atoms with Crippen LogP contribution in [0.25, 0.3) is 0 Å². The molecule has 0 aliphatic rings. The molecular weight excluding hydrogens is 1040 g/mol.